The van der Waals surface area contributed by atoms with Crippen LogP contribution in [0, 0.1) is 11.3 Å². The van der Waals surface area contributed by atoms with Crippen LogP contribution >= 0.6 is 0 Å². The molecule has 0 aromatic heterocycles. The van der Waals surface area contributed by atoms with Gasteiger partial charge in [0.1, 0.15) is 5.83 Å². The average Bonchev–Trinajstić information content (AvgIpc) is 1.81. The number of allylic oxidation sites excluding steroid dienone is 4. The first-order valence-electron chi connectivity index (χ1n) is 3.59. The van der Waals surface area contributed by atoms with E-state index in [1.165, 1.54) is 0 Å². The Labute approximate surface area is 61.4 Å². The smallest absolute Gasteiger partial charge is 0.119 e. The summed E-state index contributed by atoms with van der Waals surface area (Å²) in [6.07, 6.45) is 5.13. The van der Waals surface area contributed by atoms with Gasteiger partial charge in [-0.3, -0.25) is 0 Å². The van der Waals surface area contributed by atoms with Gasteiger partial charge in [-0.15, -0.1) is 0 Å². The van der Waals surface area contributed by atoms with E-state index in [-0.39, 0.29) is 11.2 Å². The van der Waals surface area contributed by atoms with Crippen LogP contribution in [0.5, 0.6) is 0 Å². The van der Waals surface area contributed by atoms with Gasteiger partial charge in [0.05, 0.1) is 0 Å². The second-order valence-electron chi connectivity index (χ2n) is 3.49. The third-order valence-corrected chi connectivity index (χ3v) is 2.25. The van der Waals surface area contributed by atoms with Gasteiger partial charge in [-0.1, -0.05) is 26.8 Å². The Kier molecular flexibility index (Phi) is 1.67. The minimum atomic E-state index is -0.105. The molecule has 0 heterocycles. The number of halogens is 1. The summed E-state index contributed by atoms with van der Waals surface area (Å²) < 4.78 is 12.6. The van der Waals surface area contributed by atoms with Crippen molar-refractivity contribution in [2.24, 2.45) is 11.3 Å². The van der Waals surface area contributed by atoms with Crippen LogP contribution in [0.2, 0.25) is 0 Å². The van der Waals surface area contributed by atoms with Crippen molar-refractivity contribution in [1.82, 2.24) is 0 Å². The van der Waals surface area contributed by atoms with Crippen LogP contribution in [0.3, 0.4) is 0 Å². The molecular formula is C9H13F. The molecule has 1 rings (SSSR count). The minimum Gasteiger partial charge on any atom is -0.207 e. The molecule has 1 atom stereocenters. The first kappa shape index (κ1) is 7.52. The quantitative estimate of drug-likeness (QED) is 0.485. The first-order chi connectivity index (χ1) is 4.52. The maximum atomic E-state index is 12.6. The maximum Gasteiger partial charge on any atom is 0.119 e. The van der Waals surface area contributed by atoms with Crippen molar-refractivity contribution in [2.75, 3.05) is 0 Å². The van der Waals surface area contributed by atoms with E-state index in [2.05, 4.69) is 13.8 Å². The normalized spacial score (nSPS) is 30.0. The van der Waals surface area contributed by atoms with Gasteiger partial charge in [0, 0.05) is 0 Å². The second-order valence-corrected chi connectivity index (χ2v) is 3.49. The van der Waals surface area contributed by atoms with Gasteiger partial charge in [-0.2, -0.15) is 0 Å². The van der Waals surface area contributed by atoms with Crippen LogP contribution in [-0.4, -0.2) is 0 Å². The Morgan fingerprint density at radius 3 is 2.50 bits per heavy atom. The highest BCUT2D eigenvalue weighted by molar-refractivity contribution is 5.22. The zero-order valence-corrected chi connectivity index (χ0v) is 6.69. The van der Waals surface area contributed by atoms with Crippen molar-refractivity contribution in [3.63, 3.8) is 0 Å². The third kappa shape index (κ3) is 1.28. The number of hydrogen-bond acceptors (Lipinski definition) is 0. The van der Waals surface area contributed by atoms with Crippen molar-refractivity contribution in [2.45, 2.75) is 20.8 Å². The average molecular weight is 140 g/mol. The maximum absolute atomic E-state index is 12.6. The molecule has 0 aliphatic heterocycles. The number of hydrogen-bond donors (Lipinski definition) is 0. The van der Waals surface area contributed by atoms with Crippen LogP contribution in [0.1, 0.15) is 20.8 Å². The summed E-state index contributed by atoms with van der Waals surface area (Å²) in [6.45, 7) is 6.25. The van der Waals surface area contributed by atoms with Crippen LogP contribution < -0.4 is 0 Å². The van der Waals surface area contributed by atoms with E-state index >= 15 is 0 Å². The second kappa shape index (κ2) is 2.22. The molecule has 1 heteroatoms. The van der Waals surface area contributed by atoms with E-state index in [9.17, 15) is 4.39 Å². The fourth-order valence-corrected chi connectivity index (χ4v) is 0.955. The predicted molar refractivity (Wildman–Crippen MR) is 41.3 cm³/mol. The molecule has 56 valence electrons. The van der Waals surface area contributed by atoms with E-state index < -0.39 is 0 Å². The van der Waals surface area contributed by atoms with Crippen LogP contribution in [-0.2, 0) is 0 Å². The highest BCUT2D eigenvalue weighted by Gasteiger charge is 2.23. The first-order valence-corrected chi connectivity index (χ1v) is 3.59. The molecule has 0 fully saturated rings. The molecular weight excluding hydrogens is 127 g/mol. The lowest BCUT2D eigenvalue weighted by atomic mass is 9.77. The van der Waals surface area contributed by atoms with Gasteiger partial charge in [0.15, 0.2) is 0 Å². The van der Waals surface area contributed by atoms with Gasteiger partial charge in [0.25, 0.3) is 0 Å². The Bertz CT molecular complexity index is 187. The van der Waals surface area contributed by atoms with Gasteiger partial charge in [-0.05, 0) is 23.5 Å². The van der Waals surface area contributed by atoms with E-state index in [1.807, 2.05) is 13.0 Å². The Morgan fingerprint density at radius 1 is 1.50 bits per heavy atom. The van der Waals surface area contributed by atoms with Crippen molar-refractivity contribution in [3.05, 3.63) is 24.1 Å². The summed E-state index contributed by atoms with van der Waals surface area (Å²) in [5.74, 6) is 0.198. The molecule has 0 radical (unpaired) electrons. The van der Waals surface area contributed by atoms with E-state index in [0.717, 1.165) is 0 Å². The summed E-state index contributed by atoms with van der Waals surface area (Å²) in [7, 11) is 0. The van der Waals surface area contributed by atoms with E-state index in [4.69, 9.17) is 0 Å². The Hall–Kier alpha value is -0.590. The van der Waals surface area contributed by atoms with Crippen molar-refractivity contribution in [1.29, 1.82) is 0 Å². The SMILES string of the molecule is CC1C=C(F)C=CC1(C)C. The molecule has 0 aromatic rings. The zero-order valence-electron chi connectivity index (χ0n) is 6.69. The molecule has 0 nitrogen and oxygen atoms in total. The summed E-state index contributed by atoms with van der Waals surface area (Å²) in [6, 6.07) is 0. The lowest BCUT2D eigenvalue weighted by Crippen LogP contribution is -2.19. The van der Waals surface area contributed by atoms with Crippen molar-refractivity contribution in [3.8, 4) is 0 Å². The van der Waals surface area contributed by atoms with E-state index in [1.54, 1.807) is 12.2 Å². The highest BCUT2D eigenvalue weighted by atomic mass is 19.1. The molecule has 10 heavy (non-hydrogen) atoms. The molecule has 1 aliphatic carbocycles. The van der Waals surface area contributed by atoms with Gasteiger partial charge >= 0.3 is 0 Å². The van der Waals surface area contributed by atoms with Crippen molar-refractivity contribution >= 4 is 0 Å². The molecule has 0 N–H and O–H groups in total. The van der Waals surface area contributed by atoms with E-state index in [0.29, 0.717) is 5.92 Å². The lowest BCUT2D eigenvalue weighted by Gasteiger charge is -2.28. The third-order valence-electron chi connectivity index (χ3n) is 2.25. The largest absolute Gasteiger partial charge is 0.207 e. The molecule has 0 bridgehead atoms. The summed E-state index contributed by atoms with van der Waals surface area (Å²) in [4.78, 5) is 0. The van der Waals surface area contributed by atoms with Crippen LogP contribution in [0.25, 0.3) is 0 Å². The molecule has 0 saturated heterocycles. The lowest BCUT2D eigenvalue weighted by molar-refractivity contribution is 0.354. The van der Waals surface area contributed by atoms with Gasteiger partial charge in [-0.25, -0.2) is 4.39 Å². The number of rotatable bonds is 0. The molecule has 1 aliphatic rings. The van der Waals surface area contributed by atoms with Gasteiger partial charge in [0.2, 0.25) is 0 Å². The summed E-state index contributed by atoms with van der Waals surface area (Å²) in [5.41, 5.74) is 0.121. The monoisotopic (exact) mass is 140 g/mol. The van der Waals surface area contributed by atoms with Crippen LogP contribution in [0.15, 0.2) is 24.1 Å². The Balaban J connectivity index is 2.84. The Morgan fingerprint density at radius 2 is 2.10 bits per heavy atom. The summed E-state index contributed by atoms with van der Waals surface area (Å²) in [5, 5.41) is 0. The molecule has 0 saturated carbocycles. The van der Waals surface area contributed by atoms with Gasteiger partial charge < -0.3 is 0 Å². The molecule has 0 aromatic carbocycles. The molecule has 0 amide bonds. The van der Waals surface area contributed by atoms with Crippen LogP contribution in [0.4, 0.5) is 4.39 Å². The summed E-state index contributed by atoms with van der Waals surface area (Å²) >= 11 is 0. The topological polar surface area (TPSA) is 0 Å². The minimum absolute atomic E-state index is 0.105. The zero-order chi connectivity index (χ0) is 7.78. The van der Waals surface area contributed by atoms with Crippen molar-refractivity contribution < 1.29 is 4.39 Å². The highest BCUT2D eigenvalue weighted by Crippen LogP contribution is 2.33. The fraction of sp³-hybridized carbons (Fsp3) is 0.556. The standard InChI is InChI=1S/C9H13F/c1-7-6-8(10)4-5-9(7,2)3/h4-7H,1-3H3. The predicted octanol–water partition coefficient (Wildman–Crippen LogP) is 3.07. The molecule has 1 unspecified atom stereocenters. The molecule has 0 spiro atoms. The fourth-order valence-electron chi connectivity index (χ4n) is 0.955.